The van der Waals surface area contributed by atoms with Crippen LogP contribution in [0.1, 0.15) is 17.5 Å². The summed E-state index contributed by atoms with van der Waals surface area (Å²) in [7, 11) is -3.96. The lowest BCUT2D eigenvalue weighted by molar-refractivity contribution is -0.123. The van der Waals surface area contributed by atoms with E-state index in [1.807, 2.05) is 36.9 Å². The Kier molecular flexibility index (Phi) is 5.67. The van der Waals surface area contributed by atoms with Crippen LogP contribution < -0.4 is 4.90 Å². The first-order valence-electron chi connectivity index (χ1n) is 10.1. The van der Waals surface area contributed by atoms with Crippen molar-refractivity contribution in [3.63, 3.8) is 0 Å². The molecule has 2 aromatic carbocycles. The normalized spacial score (nSPS) is 21.1. The van der Waals surface area contributed by atoms with Crippen LogP contribution >= 0.6 is 0 Å². The van der Waals surface area contributed by atoms with E-state index in [9.17, 15) is 22.4 Å². The number of carbonyl (C=O) groups is 2. The summed E-state index contributed by atoms with van der Waals surface area (Å²) in [5, 5.41) is 0. The lowest BCUT2D eigenvalue weighted by Crippen LogP contribution is -2.53. The van der Waals surface area contributed by atoms with E-state index in [0.717, 1.165) is 17.2 Å². The minimum atomic E-state index is -3.96. The summed E-state index contributed by atoms with van der Waals surface area (Å²) in [5.74, 6) is -1.33. The minimum absolute atomic E-state index is 0.0622. The molecule has 1 atom stereocenters. The fourth-order valence-electron chi connectivity index (χ4n) is 4.34. The molecule has 0 N–H and O–H groups in total. The smallest absolute Gasteiger partial charge is 0.251 e. The SMILES string of the molecule is Cc1cccc(C)c1N1C(=O)C[C@@H](N2CCN(S(=O)(=O)c3ccccc3F)CC2)C1=O. The molecule has 0 radical (unpaired) electrons. The van der Waals surface area contributed by atoms with E-state index in [0.29, 0.717) is 5.69 Å². The summed E-state index contributed by atoms with van der Waals surface area (Å²) in [5.41, 5.74) is 2.33. The average molecular weight is 446 g/mol. The van der Waals surface area contributed by atoms with Gasteiger partial charge in [-0.2, -0.15) is 4.31 Å². The third-order valence-electron chi connectivity index (χ3n) is 5.95. The molecule has 0 spiro atoms. The lowest BCUT2D eigenvalue weighted by Gasteiger charge is -2.36. The number of nitrogens with zero attached hydrogens (tertiary/aromatic N) is 3. The summed E-state index contributed by atoms with van der Waals surface area (Å²) in [6.07, 6.45) is 0.0622. The summed E-state index contributed by atoms with van der Waals surface area (Å²) < 4.78 is 40.9. The quantitative estimate of drug-likeness (QED) is 0.674. The number of imide groups is 1. The van der Waals surface area contributed by atoms with Gasteiger partial charge in [-0.05, 0) is 37.1 Å². The molecule has 0 aromatic heterocycles. The fraction of sp³-hybridized carbons (Fsp3) is 0.364. The van der Waals surface area contributed by atoms with Crippen LogP contribution in [0.5, 0.6) is 0 Å². The Labute approximate surface area is 181 Å². The van der Waals surface area contributed by atoms with Crippen molar-refractivity contribution >= 4 is 27.5 Å². The Hall–Kier alpha value is -2.62. The summed E-state index contributed by atoms with van der Waals surface area (Å²) in [6, 6.07) is 10.3. The van der Waals surface area contributed by atoms with Crippen molar-refractivity contribution in [1.82, 2.24) is 9.21 Å². The van der Waals surface area contributed by atoms with Gasteiger partial charge in [-0.25, -0.2) is 17.7 Å². The molecule has 2 aliphatic heterocycles. The van der Waals surface area contributed by atoms with Gasteiger partial charge in [-0.1, -0.05) is 30.3 Å². The second-order valence-electron chi connectivity index (χ2n) is 7.90. The highest BCUT2D eigenvalue weighted by molar-refractivity contribution is 7.89. The van der Waals surface area contributed by atoms with Crippen LogP contribution in [0.3, 0.4) is 0 Å². The molecule has 0 bridgehead atoms. The highest BCUT2D eigenvalue weighted by atomic mass is 32.2. The van der Waals surface area contributed by atoms with E-state index in [-0.39, 0.29) is 49.3 Å². The third kappa shape index (κ3) is 3.77. The number of halogens is 1. The van der Waals surface area contributed by atoms with E-state index in [4.69, 9.17) is 0 Å². The first kappa shape index (κ1) is 21.6. The van der Waals surface area contributed by atoms with E-state index >= 15 is 0 Å². The summed E-state index contributed by atoms with van der Waals surface area (Å²) >= 11 is 0. The predicted octanol–water partition coefficient (Wildman–Crippen LogP) is 2.08. The molecular weight excluding hydrogens is 421 g/mol. The van der Waals surface area contributed by atoms with Crippen molar-refractivity contribution in [3.05, 3.63) is 59.4 Å². The van der Waals surface area contributed by atoms with Gasteiger partial charge in [0, 0.05) is 26.2 Å². The van der Waals surface area contributed by atoms with Crippen molar-refractivity contribution < 1.29 is 22.4 Å². The predicted molar refractivity (Wildman–Crippen MR) is 114 cm³/mol. The molecule has 2 aromatic rings. The van der Waals surface area contributed by atoms with E-state index in [1.165, 1.54) is 27.4 Å². The van der Waals surface area contributed by atoms with Gasteiger partial charge in [-0.15, -0.1) is 0 Å². The molecule has 0 saturated carbocycles. The number of anilines is 1. The number of sulfonamides is 1. The zero-order valence-corrected chi connectivity index (χ0v) is 18.2. The number of hydrogen-bond donors (Lipinski definition) is 0. The number of rotatable bonds is 4. The Bertz CT molecular complexity index is 1120. The topological polar surface area (TPSA) is 78.0 Å². The summed E-state index contributed by atoms with van der Waals surface area (Å²) in [4.78, 5) is 28.6. The van der Waals surface area contributed by atoms with Gasteiger partial charge in [0.05, 0.1) is 18.2 Å². The molecule has 2 saturated heterocycles. The molecule has 7 nitrogen and oxygen atoms in total. The highest BCUT2D eigenvalue weighted by Gasteiger charge is 2.45. The number of para-hydroxylation sites is 1. The molecule has 31 heavy (non-hydrogen) atoms. The third-order valence-corrected chi connectivity index (χ3v) is 7.89. The Morgan fingerprint density at radius 2 is 1.52 bits per heavy atom. The number of amides is 2. The van der Waals surface area contributed by atoms with Gasteiger partial charge in [0.15, 0.2) is 0 Å². The first-order chi connectivity index (χ1) is 14.7. The monoisotopic (exact) mass is 445 g/mol. The van der Waals surface area contributed by atoms with Gasteiger partial charge in [-0.3, -0.25) is 14.5 Å². The molecule has 2 amide bonds. The average Bonchev–Trinajstić information content (AvgIpc) is 3.03. The number of benzene rings is 2. The van der Waals surface area contributed by atoms with Crippen LogP contribution in [-0.4, -0.2) is 61.7 Å². The molecule has 164 valence electrons. The standard InChI is InChI=1S/C22H24FN3O4S/c1-15-6-5-7-16(2)21(15)26-20(27)14-18(22(26)28)24-10-12-25(13-11-24)31(29,30)19-9-4-3-8-17(19)23/h3-9,18H,10-14H2,1-2H3/t18-/m1/s1. The molecule has 2 fully saturated rings. The zero-order chi connectivity index (χ0) is 22.3. The van der Waals surface area contributed by atoms with Crippen LogP contribution in [0, 0.1) is 19.7 Å². The van der Waals surface area contributed by atoms with Crippen LogP contribution in [-0.2, 0) is 19.6 Å². The van der Waals surface area contributed by atoms with Crippen molar-refractivity contribution in [2.24, 2.45) is 0 Å². The minimum Gasteiger partial charge on any atom is -0.289 e. The molecule has 0 aliphatic carbocycles. The van der Waals surface area contributed by atoms with Gasteiger partial charge < -0.3 is 0 Å². The molecule has 0 unspecified atom stereocenters. The lowest BCUT2D eigenvalue weighted by atomic mass is 10.1. The van der Waals surface area contributed by atoms with Crippen molar-refractivity contribution in [2.45, 2.75) is 31.2 Å². The van der Waals surface area contributed by atoms with Crippen LogP contribution in [0.4, 0.5) is 10.1 Å². The zero-order valence-electron chi connectivity index (χ0n) is 17.4. The second-order valence-corrected chi connectivity index (χ2v) is 9.80. The number of aryl methyl sites for hydroxylation is 2. The summed E-state index contributed by atoms with van der Waals surface area (Å²) in [6.45, 7) is 4.55. The maximum absolute atomic E-state index is 14.0. The molecule has 2 heterocycles. The molecule has 9 heteroatoms. The maximum atomic E-state index is 14.0. The molecule has 2 aliphatic rings. The van der Waals surface area contributed by atoms with Crippen LogP contribution in [0.2, 0.25) is 0 Å². The Morgan fingerprint density at radius 1 is 0.903 bits per heavy atom. The molecule has 4 rings (SSSR count). The van der Waals surface area contributed by atoms with E-state index in [2.05, 4.69) is 0 Å². The van der Waals surface area contributed by atoms with Crippen LogP contribution in [0.25, 0.3) is 0 Å². The van der Waals surface area contributed by atoms with Gasteiger partial charge in [0.1, 0.15) is 10.7 Å². The van der Waals surface area contributed by atoms with Crippen molar-refractivity contribution in [2.75, 3.05) is 31.1 Å². The second kappa shape index (κ2) is 8.14. The number of carbonyl (C=O) groups excluding carboxylic acids is 2. The van der Waals surface area contributed by atoms with Crippen molar-refractivity contribution in [1.29, 1.82) is 0 Å². The highest BCUT2D eigenvalue weighted by Crippen LogP contribution is 2.32. The number of hydrogen-bond acceptors (Lipinski definition) is 5. The van der Waals surface area contributed by atoms with Crippen molar-refractivity contribution in [3.8, 4) is 0 Å². The van der Waals surface area contributed by atoms with Gasteiger partial charge in [0.2, 0.25) is 15.9 Å². The van der Waals surface area contributed by atoms with Gasteiger partial charge >= 0.3 is 0 Å². The van der Waals surface area contributed by atoms with Gasteiger partial charge in [0.25, 0.3) is 5.91 Å². The Balaban J connectivity index is 1.49. The Morgan fingerprint density at radius 3 is 2.13 bits per heavy atom. The van der Waals surface area contributed by atoms with E-state index in [1.54, 1.807) is 0 Å². The fourth-order valence-corrected chi connectivity index (χ4v) is 5.83. The first-order valence-corrected chi connectivity index (χ1v) is 11.6. The molecular formula is C22H24FN3O4S. The number of piperazine rings is 1. The van der Waals surface area contributed by atoms with Crippen LogP contribution in [0.15, 0.2) is 47.4 Å². The van der Waals surface area contributed by atoms with E-state index < -0.39 is 21.9 Å². The largest absolute Gasteiger partial charge is 0.289 e. The maximum Gasteiger partial charge on any atom is 0.251 e.